The zero-order chi connectivity index (χ0) is 14.3. The van der Waals surface area contributed by atoms with Crippen LogP contribution in [-0.2, 0) is 0 Å². The molecule has 1 aromatic heterocycles. The molecule has 2 aromatic carbocycles. The second-order valence-corrected chi connectivity index (χ2v) is 5.23. The number of benzene rings is 2. The Labute approximate surface area is 121 Å². The first-order valence-corrected chi connectivity index (χ1v) is 6.69. The fourth-order valence-electron chi connectivity index (χ4n) is 2.17. The number of H-pyrrole nitrogens is 1. The maximum absolute atomic E-state index is 11.1. The van der Waals surface area contributed by atoms with Crippen molar-refractivity contribution in [2.75, 3.05) is 0 Å². The average Bonchev–Trinajstić information content (AvgIpc) is 2.82. The minimum atomic E-state index is -0.451. The Morgan fingerprint density at radius 1 is 1.10 bits per heavy atom. The van der Waals surface area contributed by atoms with E-state index in [0.29, 0.717) is 5.56 Å². The van der Waals surface area contributed by atoms with E-state index in [2.05, 4.69) is 35.9 Å². The molecule has 3 nitrogen and oxygen atoms in total. The Balaban J connectivity index is 2.07. The van der Waals surface area contributed by atoms with Gasteiger partial charge >= 0.3 is 0 Å². The first-order chi connectivity index (χ1) is 9.54. The van der Waals surface area contributed by atoms with Gasteiger partial charge in [-0.05, 0) is 60.8 Å². The van der Waals surface area contributed by atoms with E-state index >= 15 is 0 Å². The minimum Gasteiger partial charge on any atom is -0.338 e. The van der Waals surface area contributed by atoms with Crippen molar-refractivity contribution in [1.82, 2.24) is 9.97 Å². The van der Waals surface area contributed by atoms with Gasteiger partial charge in [0, 0.05) is 11.1 Å². The lowest BCUT2D eigenvalue weighted by Gasteiger charge is -1.97. The van der Waals surface area contributed by atoms with Crippen LogP contribution in [0, 0.1) is 13.8 Å². The maximum Gasteiger partial charge on any atom is 0.252 e. The van der Waals surface area contributed by atoms with Crippen LogP contribution in [0.4, 0.5) is 0 Å². The molecule has 3 aromatic rings. The molecule has 0 aliphatic rings. The highest BCUT2D eigenvalue weighted by molar-refractivity contribution is 6.67. The lowest BCUT2D eigenvalue weighted by molar-refractivity contribution is 0.108. The van der Waals surface area contributed by atoms with Gasteiger partial charge in [0.05, 0.1) is 11.0 Å². The topological polar surface area (TPSA) is 45.8 Å². The van der Waals surface area contributed by atoms with Crippen LogP contribution in [0.1, 0.15) is 21.5 Å². The lowest BCUT2D eigenvalue weighted by atomic mass is 10.1. The number of imidazole rings is 1. The zero-order valence-electron chi connectivity index (χ0n) is 11.2. The highest BCUT2D eigenvalue weighted by Crippen LogP contribution is 2.23. The summed E-state index contributed by atoms with van der Waals surface area (Å²) >= 11 is 5.44. The summed E-state index contributed by atoms with van der Waals surface area (Å²) in [6.45, 7) is 4.15. The molecular formula is C16H13ClN2O. The quantitative estimate of drug-likeness (QED) is 0.716. The molecule has 0 unspecified atom stereocenters. The maximum atomic E-state index is 11.1. The molecule has 100 valence electrons. The van der Waals surface area contributed by atoms with Crippen LogP contribution in [0.25, 0.3) is 22.4 Å². The Morgan fingerprint density at radius 2 is 1.75 bits per heavy atom. The van der Waals surface area contributed by atoms with Gasteiger partial charge in [-0.25, -0.2) is 4.98 Å². The third kappa shape index (κ3) is 2.21. The van der Waals surface area contributed by atoms with Crippen LogP contribution in [-0.4, -0.2) is 15.2 Å². The van der Waals surface area contributed by atoms with Gasteiger partial charge in [0.2, 0.25) is 0 Å². The van der Waals surface area contributed by atoms with E-state index in [-0.39, 0.29) is 0 Å². The Morgan fingerprint density at radius 3 is 2.40 bits per heavy atom. The van der Waals surface area contributed by atoms with Crippen molar-refractivity contribution in [3.63, 3.8) is 0 Å². The standard InChI is InChI=1S/C16H13ClN2O/c1-9-7-13-14(8-10(9)2)19-16(18-13)12-5-3-11(4-6-12)15(17)20/h3-8H,1-2H3,(H,18,19). The number of rotatable bonds is 2. The molecule has 0 aliphatic carbocycles. The summed E-state index contributed by atoms with van der Waals surface area (Å²) in [7, 11) is 0. The summed E-state index contributed by atoms with van der Waals surface area (Å²) in [5.74, 6) is 0.790. The van der Waals surface area contributed by atoms with Crippen molar-refractivity contribution in [2.24, 2.45) is 0 Å². The number of nitrogens with one attached hydrogen (secondary N) is 1. The zero-order valence-corrected chi connectivity index (χ0v) is 12.0. The molecule has 0 saturated carbocycles. The summed E-state index contributed by atoms with van der Waals surface area (Å²) in [6, 6.07) is 11.3. The Bertz CT molecular complexity index is 764. The molecule has 0 spiro atoms. The molecule has 20 heavy (non-hydrogen) atoms. The van der Waals surface area contributed by atoms with Crippen molar-refractivity contribution < 1.29 is 4.79 Å². The first-order valence-electron chi connectivity index (χ1n) is 6.32. The van der Waals surface area contributed by atoms with Crippen LogP contribution in [0.2, 0.25) is 0 Å². The number of aromatic nitrogens is 2. The van der Waals surface area contributed by atoms with Crippen LogP contribution in [0.5, 0.6) is 0 Å². The van der Waals surface area contributed by atoms with E-state index in [4.69, 9.17) is 11.6 Å². The smallest absolute Gasteiger partial charge is 0.252 e. The number of hydrogen-bond donors (Lipinski definition) is 1. The molecule has 4 heteroatoms. The number of aryl methyl sites for hydroxylation is 2. The van der Waals surface area contributed by atoms with Crippen molar-refractivity contribution >= 4 is 27.9 Å². The van der Waals surface area contributed by atoms with Crippen LogP contribution >= 0.6 is 11.6 Å². The van der Waals surface area contributed by atoms with Crippen molar-refractivity contribution in [1.29, 1.82) is 0 Å². The van der Waals surface area contributed by atoms with Crippen LogP contribution in [0.3, 0.4) is 0 Å². The molecule has 0 bridgehead atoms. The molecule has 0 saturated heterocycles. The predicted octanol–water partition coefficient (Wildman–Crippen LogP) is 4.23. The van der Waals surface area contributed by atoms with E-state index in [0.717, 1.165) is 22.4 Å². The summed E-state index contributed by atoms with van der Waals surface area (Å²) in [5, 5.41) is -0.451. The second kappa shape index (κ2) is 4.76. The number of fused-ring (bicyclic) bond motifs is 1. The van der Waals surface area contributed by atoms with Crippen LogP contribution < -0.4 is 0 Å². The van der Waals surface area contributed by atoms with Crippen molar-refractivity contribution in [3.05, 3.63) is 53.1 Å². The molecule has 0 aliphatic heterocycles. The predicted molar refractivity (Wildman–Crippen MR) is 81.2 cm³/mol. The van der Waals surface area contributed by atoms with Crippen molar-refractivity contribution in [3.8, 4) is 11.4 Å². The molecule has 0 fully saturated rings. The first kappa shape index (κ1) is 12.9. The summed E-state index contributed by atoms with van der Waals surface area (Å²) in [5.41, 5.74) is 5.83. The van der Waals surface area contributed by atoms with E-state index < -0.39 is 5.24 Å². The number of nitrogens with zero attached hydrogens (tertiary/aromatic N) is 1. The third-order valence-electron chi connectivity index (χ3n) is 3.48. The number of carbonyl (C=O) groups excluding carboxylic acids is 1. The summed E-state index contributed by atoms with van der Waals surface area (Å²) in [4.78, 5) is 18.9. The fourth-order valence-corrected chi connectivity index (χ4v) is 2.29. The molecule has 0 atom stereocenters. The van der Waals surface area contributed by atoms with E-state index in [1.54, 1.807) is 12.1 Å². The van der Waals surface area contributed by atoms with E-state index in [1.165, 1.54) is 11.1 Å². The molecule has 3 rings (SSSR count). The van der Waals surface area contributed by atoms with Gasteiger partial charge in [-0.15, -0.1) is 0 Å². The average molecular weight is 285 g/mol. The van der Waals surface area contributed by atoms with E-state index in [1.807, 2.05) is 12.1 Å². The fraction of sp³-hybridized carbons (Fsp3) is 0.125. The normalized spacial score (nSPS) is 10.9. The van der Waals surface area contributed by atoms with Crippen molar-refractivity contribution in [2.45, 2.75) is 13.8 Å². The van der Waals surface area contributed by atoms with E-state index in [9.17, 15) is 4.79 Å². The molecule has 0 radical (unpaired) electrons. The third-order valence-corrected chi connectivity index (χ3v) is 3.70. The molecule has 1 N–H and O–H groups in total. The van der Waals surface area contributed by atoms with Crippen LogP contribution in [0.15, 0.2) is 36.4 Å². The van der Waals surface area contributed by atoms with Gasteiger partial charge in [-0.1, -0.05) is 12.1 Å². The Hall–Kier alpha value is -2.13. The van der Waals surface area contributed by atoms with Gasteiger partial charge < -0.3 is 4.98 Å². The van der Waals surface area contributed by atoms with Gasteiger partial charge in [0.15, 0.2) is 0 Å². The van der Waals surface area contributed by atoms with Gasteiger partial charge in [0.25, 0.3) is 5.24 Å². The Kier molecular flexibility index (Phi) is 3.07. The van der Waals surface area contributed by atoms with Gasteiger partial charge in [-0.3, -0.25) is 4.79 Å². The molecule has 1 heterocycles. The second-order valence-electron chi connectivity index (χ2n) is 4.89. The molecule has 0 amide bonds. The number of halogens is 1. The summed E-state index contributed by atoms with van der Waals surface area (Å²) < 4.78 is 0. The number of carbonyl (C=O) groups is 1. The largest absolute Gasteiger partial charge is 0.338 e. The minimum absolute atomic E-state index is 0.451. The molecular weight excluding hydrogens is 272 g/mol. The SMILES string of the molecule is Cc1cc2nc(-c3ccc(C(=O)Cl)cc3)[nH]c2cc1C. The highest BCUT2D eigenvalue weighted by Gasteiger charge is 2.08. The monoisotopic (exact) mass is 284 g/mol. The number of aromatic amines is 1. The van der Waals surface area contributed by atoms with Gasteiger partial charge in [0.1, 0.15) is 5.82 Å². The lowest BCUT2D eigenvalue weighted by Crippen LogP contribution is -1.88. The van der Waals surface area contributed by atoms with Gasteiger partial charge in [-0.2, -0.15) is 0 Å². The summed E-state index contributed by atoms with van der Waals surface area (Å²) in [6.07, 6.45) is 0. The number of hydrogen-bond acceptors (Lipinski definition) is 2. The highest BCUT2D eigenvalue weighted by atomic mass is 35.5.